The molecule has 0 aromatic heterocycles. The highest BCUT2D eigenvalue weighted by Gasteiger charge is 2.10. The van der Waals surface area contributed by atoms with Gasteiger partial charge in [0.2, 0.25) is 0 Å². The van der Waals surface area contributed by atoms with Gasteiger partial charge < -0.3 is 10.5 Å². The highest BCUT2D eigenvalue weighted by molar-refractivity contribution is 6.30. The van der Waals surface area contributed by atoms with E-state index < -0.39 is 0 Å². The van der Waals surface area contributed by atoms with E-state index in [1.54, 1.807) is 0 Å². The van der Waals surface area contributed by atoms with E-state index in [-0.39, 0.29) is 0 Å². The van der Waals surface area contributed by atoms with Crippen LogP contribution in [0, 0.1) is 0 Å². The molecule has 0 aliphatic heterocycles. The lowest BCUT2D eigenvalue weighted by Crippen LogP contribution is -2.15. The highest BCUT2D eigenvalue weighted by Crippen LogP contribution is 2.23. The Bertz CT molecular complexity index is 522. The SMILES string of the molecule is CCOc1ccc(CC(CN)c2ccc(Cl)cc2)cc1. The molecular formula is C17H20ClNO. The number of nitrogens with two attached hydrogens (primary N) is 1. The highest BCUT2D eigenvalue weighted by atomic mass is 35.5. The van der Waals surface area contributed by atoms with E-state index in [9.17, 15) is 0 Å². The number of ether oxygens (including phenoxy) is 1. The third-order valence-electron chi connectivity index (χ3n) is 3.34. The molecule has 106 valence electrons. The van der Waals surface area contributed by atoms with Gasteiger partial charge in [-0.3, -0.25) is 0 Å². The van der Waals surface area contributed by atoms with Crippen LogP contribution in [0.1, 0.15) is 24.0 Å². The fraction of sp³-hybridized carbons (Fsp3) is 0.294. The molecule has 2 aromatic carbocycles. The van der Waals surface area contributed by atoms with Crippen LogP contribution in [0.15, 0.2) is 48.5 Å². The number of halogens is 1. The first-order valence-electron chi connectivity index (χ1n) is 6.90. The molecule has 0 heterocycles. The lowest BCUT2D eigenvalue weighted by atomic mass is 9.92. The number of hydrogen-bond acceptors (Lipinski definition) is 2. The summed E-state index contributed by atoms with van der Waals surface area (Å²) in [5.41, 5.74) is 8.40. The van der Waals surface area contributed by atoms with Gasteiger partial charge in [-0.1, -0.05) is 35.9 Å². The van der Waals surface area contributed by atoms with Crippen molar-refractivity contribution < 1.29 is 4.74 Å². The van der Waals surface area contributed by atoms with Crippen LogP contribution in [0.5, 0.6) is 5.75 Å². The molecule has 1 atom stereocenters. The van der Waals surface area contributed by atoms with E-state index in [4.69, 9.17) is 22.1 Å². The zero-order valence-corrected chi connectivity index (χ0v) is 12.4. The normalized spacial score (nSPS) is 12.2. The molecule has 2 nitrogen and oxygen atoms in total. The molecule has 2 aromatic rings. The van der Waals surface area contributed by atoms with Gasteiger partial charge in [-0.15, -0.1) is 0 Å². The van der Waals surface area contributed by atoms with Gasteiger partial charge in [0, 0.05) is 10.9 Å². The predicted molar refractivity (Wildman–Crippen MR) is 84.6 cm³/mol. The average molecular weight is 290 g/mol. The molecule has 0 spiro atoms. The summed E-state index contributed by atoms with van der Waals surface area (Å²) in [5.74, 6) is 1.22. The minimum absolute atomic E-state index is 0.310. The molecule has 0 aliphatic carbocycles. The fourth-order valence-electron chi connectivity index (χ4n) is 2.25. The maximum atomic E-state index is 5.92. The lowest BCUT2D eigenvalue weighted by molar-refractivity contribution is 0.340. The van der Waals surface area contributed by atoms with Crippen molar-refractivity contribution in [1.82, 2.24) is 0 Å². The monoisotopic (exact) mass is 289 g/mol. The Labute approximate surface area is 125 Å². The zero-order valence-electron chi connectivity index (χ0n) is 11.7. The Morgan fingerprint density at radius 2 is 1.70 bits per heavy atom. The van der Waals surface area contributed by atoms with Crippen molar-refractivity contribution in [3.63, 3.8) is 0 Å². The summed E-state index contributed by atoms with van der Waals surface area (Å²) in [4.78, 5) is 0. The lowest BCUT2D eigenvalue weighted by Gasteiger charge is -2.16. The van der Waals surface area contributed by atoms with Gasteiger partial charge in [0.15, 0.2) is 0 Å². The molecule has 0 saturated carbocycles. The largest absolute Gasteiger partial charge is 0.494 e. The van der Waals surface area contributed by atoms with E-state index in [1.807, 2.05) is 31.2 Å². The average Bonchev–Trinajstić information content (AvgIpc) is 2.48. The van der Waals surface area contributed by atoms with Crippen LogP contribution in [-0.4, -0.2) is 13.2 Å². The smallest absolute Gasteiger partial charge is 0.119 e. The summed E-state index contributed by atoms with van der Waals surface area (Å²) in [6, 6.07) is 16.1. The van der Waals surface area contributed by atoms with Crippen LogP contribution in [-0.2, 0) is 6.42 Å². The van der Waals surface area contributed by atoms with E-state index in [0.29, 0.717) is 19.1 Å². The van der Waals surface area contributed by atoms with Gasteiger partial charge in [0.1, 0.15) is 5.75 Å². The van der Waals surface area contributed by atoms with Crippen LogP contribution < -0.4 is 10.5 Å². The van der Waals surface area contributed by atoms with Gasteiger partial charge in [-0.25, -0.2) is 0 Å². The Hall–Kier alpha value is -1.51. The predicted octanol–water partition coefficient (Wildman–Crippen LogP) is 4.02. The number of rotatable bonds is 6. The molecule has 20 heavy (non-hydrogen) atoms. The molecule has 0 amide bonds. The van der Waals surface area contributed by atoms with Crippen molar-refractivity contribution in [2.45, 2.75) is 19.3 Å². The van der Waals surface area contributed by atoms with Crippen LogP contribution >= 0.6 is 11.6 Å². The van der Waals surface area contributed by atoms with Gasteiger partial charge in [-0.2, -0.15) is 0 Å². The zero-order chi connectivity index (χ0) is 14.4. The quantitative estimate of drug-likeness (QED) is 0.871. The molecule has 1 unspecified atom stereocenters. The second kappa shape index (κ2) is 7.32. The van der Waals surface area contributed by atoms with E-state index in [2.05, 4.69) is 24.3 Å². The first kappa shape index (κ1) is 14.9. The number of hydrogen-bond donors (Lipinski definition) is 1. The molecule has 0 aliphatic rings. The Kier molecular flexibility index (Phi) is 5.45. The molecule has 2 N–H and O–H groups in total. The van der Waals surface area contributed by atoms with Crippen LogP contribution in [0.4, 0.5) is 0 Å². The van der Waals surface area contributed by atoms with Gasteiger partial charge in [0.25, 0.3) is 0 Å². The van der Waals surface area contributed by atoms with Gasteiger partial charge >= 0.3 is 0 Å². The van der Waals surface area contributed by atoms with Gasteiger partial charge in [-0.05, 0) is 55.3 Å². The summed E-state index contributed by atoms with van der Waals surface area (Å²) in [5, 5.41) is 0.755. The van der Waals surface area contributed by atoms with Crippen LogP contribution in [0.2, 0.25) is 5.02 Å². The van der Waals surface area contributed by atoms with E-state index >= 15 is 0 Å². The Morgan fingerprint density at radius 1 is 1.05 bits per heavy atom. The fourth-order valence-corrected chi connectivity index (χ4v) is 2.37. The van der Waals surface area contributed by atoms with Crippen molar-refractivity contribution in [3.8, 4) is 5.75 Å². The van der Waals surface area contributed by atoms with E-state index in [1.165, 1.54) is 11.1 Å². The first-order valence-corrected chi connectivity index (χ1v) is 7.28. The molecule has 0 saturated heterocycles. The van der Waals surface area contributed by atoms with Crippen molar-refractivity contribution in [2.75, 3.05) is 13.2 Å². The molecule has 0 radical (unpaired) electrons. The van der Waals surface area contributed by atoms with Crippen molar-refractivity contribution in [3.05, 3.63) is 64.7 Å². The Balaban J connectivity index is 2.07. The molecule has 2 rings (SSSR count). The van der Waals surface area contributed by atoms with E-state index in [0.717, 1.165) is 17.2 Å². The Morgan fingerprint density at radius 3 is 2.25 bits per heavy atom. The summed E-state index contributed by atoms with van der Waals surface area (Å²) < 4.78 is 5.45. The molecule has 0 bridgehead atoms. The summed E-state index contributed by atoms with van der Waals surface area (Å²) in [7, 11) is 0. The summed E-state index contributed by atoms with van der Waals surface area (Å²) in [6.45, 7) is 3.29. The van der Waals surface area contributed by atoms with Crippen molar-refractivity contribution >= 4 is 11.6 Å². The minimum Gasteiger partial charge on any atom is -0.494 e. The number of benzene rings is 2. The first-order chi connectivity index (χ1) is 9.72. The third kappa shape index (κ3) is 3.99. The van der Waals surface area contributed by atoms with Crippen molar-refractivity contribution in [2.24, 2.45) is 5.73 Å². The topological polar surface area (TPSA) is 35.2 Å². The minimum atomic E-state index is 0.310. The summed E-state index contributed by atoms with van der Waals surface area (Å²) >= 11 is 5.92. The van der Waals surface area contributed by atoms with Crippen molar-refractivity contribution in [1.29, 1.82) is 0 Å². The standard InChI is InChI=1S/C17H20ClNO/c1-2-20-17-9-3-13(4-10-17)11-15(12-19)14-5-7-16(18)8-6-14/h3-10,15H,2,11-12,19H2,1H3. The molecule has 3 heteroatoms. The van der Waals surface area contributed by atoms with Crippen LogP contribution in [0.3, 0.4) is 0 Å². The second-order valence-corrected chi connectivity index (χ2v) is 5.20. The third-order valence-corrected chi connectivity index (χ3v) is 3.59. The second-order valence-electron chi connectivity index (χ2n) is 4.77. The van der Waals surface area contributed by atoms with Gasteiger partial charge in [0.05, 0.1) is 6.61 Å². The maximum absolute atomic E-state index is 5.92. The van der Waals surface area contributed by atoms with Crippen LogP contribution in [0.25, 0.3) is 0 Å². The molecule has 0 fully saturated rings. The summed E-state index contributed by atoms with van der Waals surface area (Å²) in [6.07, 6.45) is 0.921. The maximum Gasteiger partial charge on any atom is 0.119 e. The molecular weight excluding hydrogens is 270 g/mol.